The van der Waals surface area contributed by atoms with Gasteiger partial charge in [0, 0.05) is 42.6 Å². The smallest absolute Gasteiger partial charge is 0.251 e. The summed E-state index contributed by atoms with van der Waals surface area (Å²) in [7, 11) is 0. The molecule has 0 saturated carbocycles. The fourth-order valence-corrected chi connectivity index (χ4v) is 2.08. The van der Waals surface area contributed by atoms with Crippen LogP contribution < -0.4 is 5.32 Å². The molecule has 21 heavy (non-hydrogen) atoms. The monoisotopic (exact) mass is 277 g/mol. The Balaban J connectivity index is 1.65. The van der Waals surface area contributed by atoms with E-state index in [0.717, 1.165) is 11.3 Å². The number of nitrogens with zero attached hydrogens (tertiary/aromatic N) is 2. The summed E-state index contributed by atoms with van der Waals surface area (Å²) in [4.78, 5) is 16.1. The lowest BCUT2D eigenvalue weighted by atomic mass is 10.2. The Bertz CT molecular complexity index is 704. The lowest BCUT2D eigenvalue weighted by Gasteiger charge is -2.07. The second-order valence-electron chi connectivity index (χ2n) is 4.68. The molecule has 3 aromatic rings. The Labute approximate surface area is 123 Å². The van der Waals surface area contributed by atoms with Gasteiger partial charge in [0.25, 0.3) is 5.91 Å². The third-order valence-corrected chi connectivity index (χ3v) is 3.21. The summed E-state index contributed by atoms with van der Waals surface area (Å²) < 4.78 is 2.00. The highest BCUT2D eigenvalue weighted by molar-refractivity contribution is 5.94. The first kappa shape index (κ1) is 13.1. The molecule has 4 nitrogen and oxygen atoms in total. The second kappa shape index (κ2) is 6.05. The topological polar surface area (TPSA) is 46.9 Å². The van der Waals surface area contributed by atoms with Gasteiger partial charge in [-0.15, -0.1) is 0 Å². The minimum absolute atomic E-state index is 0.0853. The lowest BCUT2D eigenvalue weighted by molar-refractivity contribution is 0.0951. The van der Waals surface area contributed by atoms with Crippen LogP contribution in [0.3, 0.4) is 0 Å². The van der Waals surface area contributed by atoms with Gasteiger partial charge in [0.2, 0.25) is 0 Å². The number of aromatic nitrogens is 2. The van der Waals surface area contributed by atoms with Crippen molar-refractivity contribution < 1.29 is 4.79 Å². The lowest BCUT2D eigenvalue weighted by Crippen LogP contribution is -2.22. The number of hydrogen-bond acceptors (Lipinski definition) is 2. The molecule has 0 aliphatic carbocycles. The molecule has 0 saturated heterocycles. The van der Waals surface area contributed by atoms with Gasteiger partial charge in [-0.25, -0.2) is 0 Å². The third kappa shape index (κ3) is 3.17. The molecule has 0 atom stereocenters. The number of carbonyl (C=O) groups is 1. The molecule has 1 amide bonds. The number of rotatable bonds is 4. The molecule has 0 fully saturated rings. The Hall–Kier alpha value is -2.88. The van der Waals surface area contributed by atoms with Crippen LogP contribution in [0, 0.1) is 0 Å². The summed E-state index contributed by atoms with van der Waals surface area (Å²) in [6.45, 7) is 0.478. The molecule has 1 aromatic carbocycles. The zero-order valence-electron chi connectivity index (χ0n) is 11.4. The summed E-state index contributed by atoms with van der Waals surface area (Å²) in [5.41, 5.74) is 2.66. The summed E-state index contributed by atoms with van der Waals surface area (Å²) in [5, 5.41) is 2.88. The van der Waals surface area contributed by atoms with E-state index in [-0.39, 0.29) is 5.91 Å². The Morgan fingerprint density at radius 2 is 1.81 bits per heavy atom. The van der Waals surface area contributed by atoms with E-state index >= 15 is 0 Å². The molecule has 0 aliphatic rings. The van der Waals surface area contributed by atoms with Gasteiger partial charge in [-0.1, -0.05) is 6.07 Å². The maximum Gasteiger partial charge on any atom is 0.251 e. The number of nitrogens with one attached hydrogen (secondary N) is 1. The first-order valence-corrected chi connectivity index (χ1v) is 6.73. The van der Waals surface area contributed by atoms with Crippen LogP contribution in [0.4, 0.5) is 0 Å². The number of carbonyl (C=O) groups excluding carboxylic acids is 1. The van der Waals surface area contributed by atoms with Crippen molar-refractivity contribution >= 4 is 5.91 Å². The van der Waals surface area contributed by atoms with Gasteiger partial charge in [0.1, 0.15) is 0 Å². The Morgan fingerprint density at radius 3 is 2.48 bits per heavy atom. The quantitative estimate of drug-likeness (QED) is 0.797. The molecule has 2 aromatic heterocycles. The molecular weight excluding hydrogens is 262 g/mol. The number of hydrogen-bond donors (Lipinski definition) is 1. The maximum atomic E-state index is 12.1. The molecule has 0 radical (unpaired) electrons. The molecule has 104 valence electrons. The summed E-state index contributed by atoms with van der Waals surface area (Å²) in [6.07, 6.45) is 7.40. The van der Waals surface area contributed by atoms with Crippen molar-refractivity contribution in [3.63, 3.8) is 0 Å². The van der Waals surface area contributed by atoms with E-state index in [1.54, 1.807) is 12.4 Å². The number of benzene rings is 1. The zero-order valence-corrected chi connectivity index (χ0v) is 11.4. The molecule has 4 heteroatoms. The first-order valence-electron chi connectivity index (χ1n) is 6.73. The van der Waals surface area contributed by atoms with E-state index in [2.05, 4.69) is 10.3 Å². The molecule has 3 rings (SSSR count). The summed E-state index contributed by atoms with van der Waals surface area (Å²) in [6, 6.07) is 15.2. The van der Waals surface area contributed by atoms with Crippen LogP contribution in [-0.2, 0) is 6.54 Å². The van der Waals surface area contributed by atoms with E-state index in [0.29, 0.717) is 12.1 Å². The average Bonchev–Trinajstić information content (AvgIpc) is 3.08. The van der Waals surface area contributed by atoms with E-state index in [1.807, 2.05) is 65.5 Å². The van der Waals surface area contributed by atoms with E-state index in [9.17, 15) is 4.79 Å². The maximum absolute atomic E-state index is 12.1. The van der Waals surface area contributed by atoms with Gasteiger partial charge in [-0.2, -0.15) is 0 Å². The average molecular weight is 277 g/mol. The van der Waals surface area contributed by atoms with E-state index in [4.69, 9.17) is 0 Å². The van der Waals surface area contributed by atoms with Crippen LogP contribution in [0.25, 0.3) is 5.69 Å². The highest BCUT2D eigenvalue weighted by Gasteiger charge is 2.05. The van der Waals surface area contributed by atoms with Crippen molar-refractivity contribution in [2.24, 2.45) is 0 Å². The van der Waals surface area contributed by atoms with E-state index < -0.39 is 0 Å². The minimum Gasteiger partial charge on any atom is -0.348 e. The highest BCUT2D eigenvalue weighted by atomic mass is 16.1. The van der Waals surface area contributed by atoms with Crippen LogP contribution >= 0.6 is 0 Å². The summed E-state index contributed by atoms with van der Waals surface area (Å²) in [5.74, 6) is -0.0853. The van der Waals surface area contributed by atoms with Crippen LogP contribution in [0.1, 0.15) is 15.9 Å². The predicted octanol–water partition coefficient (Wildman–Crippen LogP) is 2.80. The van der Waals surface area contributed by atoms with Crippen molar-refractivity contribution in [1.29, 1.82) is 0 Å². The molecule has 0 unspecified atom stereocenters. The largest absolute Gasteiger partial charge is 0.348 e. The molecule has 0 bridgehead atoms. The van der Waals surface area contributed by atoms with Crippen LogP contribution in [0.2, 0.25) is 0 Å². The van der Waals surface area contributed by atoms with Crippen molar-refractivity contribution in [3.05, 3.63) is 84.4 Å². The molecule has 1 N–H and O–H groups in total. The fourth-order valence-electron chi connectivity index (χ4n) is 2.08. The standard InChI is InChI=1S/C17H15N3O/c21-17(19-13-14-4-3-9-18-12-14)15-5-7-16(8-6-15)20-10-1-2-11-20/h1-12H,13H2,(H,19,21). The number of amides is 1. The minimum atomic E-state index is -0.0853. The SMILES string of the molecule is O=C(NCc1cccnc1)c1ccc(-n2cccc2)cc1. The Kier molecular flexibility index (Phi) is 3.78. The zero-order chi connectivity index (χ0) is 14.5. The van der Waals surface area contributed by atoms with Gasteiger partial charge in [-0.3, -0.25) is 9.78 Å². The highest BCUT2D eigenvalue weighted by Crippen LogP contribution is 2.10. The van der Waals surface area contributed by atoms with E-state index in [1.165, 1.54) is 0 Å². The molecule has 2 heterocycles. The third-order valence-electron chi connectivity index (χ3n) is 3.21. The van der Waals surface area contributed by atoms with Gasteiger partial charge in [-0.05, 0) is 48.0 Å². The molecule has 0 aliphatic heterocycles. The van der Waals surface area contributed by atoms with Crippen LogP contribution in [0.5, 0.6) is 0 Å². The molecular formula is C17H15N3O. The van der Waals surface area contributed by atoms with Crippen molar-refractivity contribution in [1.82, 2.24) is 14.9 Å². The summed E-state index contributed by atoms with van der Waals surface area (Å²) >= 11 is 0. The first-order chi connectivity index (χ1) is 10.3. The van der Waals surface area contributed by atoms with Gasteiger partial charge in [0.05, 0.1) is 0 Å². The fraction of sp³-hybridized carbons (Fsp3) is 0.0588. The Morgan fingerprint density at radius 1 is 1.05 bits per heavy atom. The van der Waals surface area contributed by atoms with Crippen molar-refractivity contribution in [2.45, 2.75) is 6.54 Å². The molecule has 0 spiro atoms. The van der Waals surface area contributed by atoms with Gasteiger partial charge < -0.3 is 9.88 Å². The van der Waals surface area contributed by atoms with Gasteiger partial charge >= 0.3 is 0 Å². The second-order valence-corrected chi connectivity index (χ2v) is 4.68. The predicted molar refractivity (Wildman–Crippen MR) is 81.2 cm³/mol. The van der Waals surface area contributed by atoms with Crippen LogP contribution in [-0.4, -0.2) is 15.5 Å². The van der Waals surface area contributed by atoms with Crippen molar-refractivity contribution in [3.8, 4) is 5.69 Å². The van der Waals surface area contributed by atoms with Crippen LogP contribution in [0.15, 0.2) is 73.3 Å². The van der Waals surface area contributed by atoms with Crippen molar-refractivity contribution in [2.75, 3.05) is 0 Å². The van der Waals surface area contributed by atoms with Gasteiger partial charge in [0.15, 0.2) is 0 Å². The normalized spacial score (nSPS) is 10.3. The number of pyridine rings is 1.